The molecule has 6 nitrogen and oxygen atoms in total. The number of amides is 1. The Labute approximate surface area is 170 Å². The Morgan fingerprint density at radius 1 is 1.14 bits per heavy atom. The van der Waals surface area contributed by atoms with Crippen LogP contribution in [0.4, 0.5) is 10.2 Å². The van der Waals surface area contributed by atoms with Crippen LogP contribution in [0.5, 0.6) is 0 Å². The SMILES string of the molecule is O=C(c1ccc(N[C@H]2CCCN(Cc3ccc(F)cc3)C2)nc1)N1CCOCC1. The predicted molar refractivity (Wildman–Crippen MR) is 109 cm³/mol. The van der Waals surface area contributed by atoms with Crippen LogP contribution >= 0.6 is 0 Å². The Kier molecular flexibility index (Phi) is 6.36. The maximum atomic E-state index is 13.1. The summed E-state index contributed by atoms with van der Waals surface area (Å²) >= 11 is 0. The summed E-state index contributed by atoms with van der Waals surface area (Å²) in [5.41, 5.74) is 1.73. The third-order valence-electron chi connectivity index (χ3n) is 5.49. The summed E-state index contributed by atoms with van der Waals surface area (Å²) in [6.45, 7) is 5.21. The third-order valence-corrected chi connectivity index (χ3v) is 5.49. The molecule has 1 amide bonds. The van der Waals surface area contributed by atoms with Crippen LogP contribution in [0.1, 0.15) is 28.8 Å². The van der Waals surface area contributed by atoms with Crippen LogP contribution in [0.25, 0.3) is 0 Å². The second-order valence-electron chi connectivity index (χ2n) is 7.68. The normalized spacial score (nSPS) is 20.4. The first-order valence-corrected chi connectivity index (χ1v) is 10.2. The van der Waals surface area contributed by atoms with Crippen molar-refractivity contribution >= 4 is 11.7 Å². The average Bonchev–Trinajstić information content (AvgIpc) is 2.76. The number of pyridine rings is 1. The minimum Gasteiger partial charge on any atom is -0.378 e. The highest BCUT2D eigenvalue weighted by Gasteiger charge is 2.21. The van der Waals surface area contributed by atoms with Crippen LogP contribution < -0.4 is 5.32 Å². The van der Waals surface area contributed by atoms with Gasteiger partial charge in [0.2, 0.25) is 0 Å². The lowest BCUT2D eigenvalue weighted by molar-refractivity contribution is 0.0302. The smallest absolute Gasteiger partial charge is 0.255 e. The zero-order chi connectivity index (χ0) is 20.1. The van der Waals surface area contributed by atoms with Crippen LogP contribution in [0.3, 0.4) is 0 Å². The van der Waals surface area contributed by atoms with Crippen molar-refractivity contribution < 1.29 is 13.9 Å². The van der Waals surface area contributed by atoms with E-state index in [-0.39, 0.29) is 11.7 Å². The lowest BCUT2D eigenvalue weighted by atomic mass is 10.0. The highest BCUT2D eigenvalue weighted by molar-refractivity contribution is 5.94. The van der Waals surface area contributed by atoms with E-state index in [1.165, 1.54) is 12.1 Å². The molecule has 0 aliphatic carbocycles. The monoisotopic (exact) mass is 398 g/mol. The Hall–Kier alpha value is -2.51. The van der Waals surface area contributed by atoms with Gasteiger partial charge in [-0.3, -0.25) is 9.69 Å². The summed E-state index contributed by atoms with van der Waals surface area (Å²) in [5, 5.41) is 3.49. The first-order valence-electron chi connectivity index (χ1n) is 10.2. The minimum absolute atomic E-state index is 0.00971. The minimum atomic E-state index is -0.200. The van der Waals surface area contributed by atoms with Gasteiger partial charge in [-0.15, -0.1) is 0 Å². The molecule has 4 rings (SSSR count). The number of halogens is 1. The zero-order valence-electron chi connectivity index (χ0n) is 16.5. The van der Waals surface area contributed by atoms with Crippen molar-refractivity contribution in [2.75, 3.05) is 44.7 Å². The quantitative estimate of drug-likeness (QED) is 0.839. The second kappa shape index (κ2) is 9.33. The second-order valence-corrected chi connectivity index (χ2v) is 7.68. The Morgan fingerprint density at radius 3 is 2.66 bits per heavy atom. The highest BCUT2D eigenvalue weighted by atomic mass is 19.1. The number of ether oxygens (including phenoxy) is 1. The number of aromatic nitrogens is 1. The number of nitrogens with one attached hydrogen (secondary N) is 1. The van der Waals surface area contributed by atoms with Gasteiger partial charge in [-0.2, -0.15) is 0 Å². The van der Waals surface area contributed by atoms with Gasteiger partial charge in [0.1, 0.15) is 11.6 Å². The molecule has 2 saturated heterocycles. The number of morpholine rings is 1. The molecule has 7 heteroatoms. The third kappa shape index (κ3) is 5.31. The molecule has 0 bridgehead atoms. The van der Waals surface area contributed by atoms with Crippen LogP contribution in [0.2, 0.25) is 0 Å². The molecule has 0 saturated carbocycles. The molecule has 154 valence electrons. The zero-order valence-corrected chi connectivity index (χ0v) is 16.5. The first-order chi connectivity index (χ1) is 14.2. The largest absolute Gasteiger partial charge is 0.378 e. The molecule has 0 radical (unpaired) electrons. The number of anilines is 1. The summed E-state index contributed by atoms with van der Waals surface area (Å²) in [7, 11) is 0. The van der Waals surface area contributed by atoms with E-state index in [0.29, 0.717) is 37.9 Å². The Morgan fingerprint density at radius 2 is 1.93 bits per heavy atom. The molecule has 1 N–H and O–H groups in total. The first kappa shape index (κ1) is 19.8. The highest BCUT2D eigenvalue weighted by Crippen LogP contribution is 2.18. The van der Waals surface area contributed by atoms with E-state index in [4.69, 9.17) is 4.74 Å². The van der Waals surface area contributed by atoms with E-state index in [2.05, 4.69) is 15.2 Å². The van der Waals surface area contributed by atoms with Gasteiger partial charge in [0.05, 0.1) is 18.8 Å². The lowest BCUT2D eigenvalue weighted by Crippen LogP contribution is -2.42. The van der Waals surface area contributed by atoms with E-state index >= 15 is 0 Å². The van der Waals surface area contributed by atoms with Gasteiger partial charge in [-0.25, -0.2) is 9.37 Å². The number of carbonyl (C=O) groups is 1. The van der Waals surface area contributed by atoms with Gasteiger partial charge in [-0.1, -0.05) is 12.1 Å². The standard InChI is InChI=1S/C22H27FN4O2/c23-19-6-3-17(4-7-19)15-26-9-1-2-20(16-26)25-21-8-5-18(14-24-21)22(28)27-10-12-29-13-11-27/h3-8,14,20H,1-2,9-13,15-16H2,(H,24,25)/t20-/m0/s1. The molecule has 1 aromatic heterocycles. The van der Waals surface area contributed by atoms with Gasteiger partial charge in [0.15, 0.2) is 0 Å². The van der Waals surface area contributed by atoms with Gasteiger partial charge in [-0.05, 0) is 49.2 Å². The lowest BCUT2D eigenvalue weighted by Gasteiger charge is -2.33. The van der Waals surface area contributed by atoms with Crippen molar-refractivity contribution in [3.8, 4) is 0 Å². The van der Waals surface area contributed by atoms with Gasteiger partial charge >= 0.3 is 0 Å². The number of hydrogen-bond donors (Lipinski definition) is 1. The molecule has 0 unspecified atom stereocenters. The molecular weight excluding hydrogens is 371 g/mol. The maximum absolute atomic E-state index is 13.1. The molecule has 2 aliphatic rings. The predicted octanol–water partition coefficient (Wildman–Crippen LogP) is 2.77. The van der Waals surface area contributed by atoms with Crippen molar-refractivity contribution in [1.29, 1.82) is 0 Å². The van der Waals surface area contributed by atoms with Gasteiger partial charge in [0, 0.05) is 38.4 Å². The van der Waals surface area contributed by atoms with E-state index in [1.54, 1.807) is 6.20 Å². The van der Waals surface area contributed by atoms with Crippen molar-refractivity contribution in [3.05, 3.63) is 59.5 Å². The number of hydrogen-bond acceptors (Lipinski definition) is 5. The Balaban J connectivity index is 1.31. The Bertz CT molecular complexity index is 807. The number of rotatable bonds is 5. The van der Waals surface area contributed by atoms with Crippen LogP contribution in [0.15, 0.2) is 42.6 Å². The van der Waals surface area contributed by atoms with E-state index in [1.807, 2.05) is 29.2 Å². The topological polar surface area (TPSA) is 57.7 Å². The number of nitrogens with zero attached hydrogens (tertiary/aromatic N) is 3. The summed E-state index contributed by atoms with van der Waals surface area (Å²) in [4.78, 5) is 21.2. The number of benzene rings is 1. The summed E-state index contributed by atoms with van der Waals surface area (Å²) in [6, 6.07) is 10.7. The van der Waals surface area contributed by atoms with Crippen molar-refractivity contribution in [2.45, 2.75) is 25.4 Å². The van der Waals surface area contributed by atoms with Crippen LogP contribution in [-0.2, 0) is 11.3 Å². The number of piperidine rings is 1. The molecule has 2 aromatic rings. The van der Waals surface area contributed by atoms with Gasteiger partial charge in [0.25, 0.3) is 5.91 Å². The van der Waals surface area contributed by atoms with Crippen molar-refractivity contribution in [3.63, 3.8) is 0 Å². The van der Waals surface area contributed by atoms with Crippen molar-refractivity contribution in [2.24, 2.45) is 0 Å². The van der Waals surface area contributed by atoms with Crippen molar-refractivity contribution in [1.82, 2.24) is 14.8 Å². The van der Waals surface area contributed by atoms with Crippen LogP contribution in [0, 0.1) is 5.82 Å². The molecule has 2 aliphatic heterocycles. The maximum Gasteiger partial charge on any atom is 0.255 e. The summed E-state index contributed by atoms with van der Waals surface area (Å²) in [6.07, 6.45) is 3.84. The number of carbonyl (C=O) groups excluding carboxylic acids is 1. The molecule has 29 heavy (non-hydrogen) atoms. The fraction of sp³-hybridized carbons (Fsp3) is 0.455. The van der Waals surface area contributed by atoms with E-state index < -0.39 is 0 Å². The molecule has 1 atom stereocenters. The van der Waals surface area contributed by atoms with Crippen LogP contribution in [-0.4, -0.2) is 66.1 Å². The summed E-state index contributed by atoms with van der Waals surface area (Å²) in [5.74, 6) is 0.598. The fourth-order valence-electron chi connectivity index (χ4n) is 3.93. The summed E-state index contributed by atoms with van der Waals surface area (Å²) < 4.78 is 18.4. The average molecular weight is 398 g/mol. The molecular formula is C22H27FN4O2. The molecule has 0 spiro atoms. The number of likely N-dealkylation sites (tertiary alicyclic amines) is 1. The molecule has 3 heterocycles. The van der Waals surface area contributed by atoms with E-state index in [0.717, 1.165) is 43.9 Å². The fourth-order valence-corrected chi connectivity index (χ4v) is 3.93. The van der Waals surface area contributed by atoms with Gasteiger partial charge < -0.3 is 15.0 Å². The molecule has 2 fully saturated rings. The van der Waals surface area contributed by atoms with E-state index in [9.17, 15) is 9.18 Å². The molecule has 1 aromatic carbocycles.